The van der Waals surface area contributed by atoms with Gasteiger partial charge in [-0.2, -0.15) is 0 Å². The third-order valence-corrected chi connectivity index (χ3v) is 3.46. The predicted octanol–water partition coefficient (Wildman–Crippen LogP) is 1.93. The van der Waals surface area contributed by atoms with Gasteiger partial charge in [-0.3, -0.25) is 4.90 Å². The van der Waals surface area contributed by atoms with Gasteiger partial charge in [-0.05, 0) is 31.0 Å². The Hall–Kier alpha value is -1.13. The topological polar surface area (TPSA) is 38.5 Å². The van der Waals surface area contributed by atoms with Crippen LogP contribution < -0.4 is 10.5 Å². The van der Waals surface area contributed by atoms with E-state index in [1.807, 2.05) is 6.07 Å². The van der Waals surface area contributed by atoms with Gasteiger partial charge in [0.25, 0.3) is 0 Å². The lowest BCUT2D eigenvalue weighted by Gasteiger charge is -2.24. The van der Waals surface area contributed by atoms with E-state index in [0.29, 0.717) is 5.75 Å². The van der Waals surface area contributed by atoms with Crippen LogP contribution in [0, 0.1) is 5.82 Å². The average molecular weight is 238 g/mol. The first-order valence-electron chi connectivity index (χ1n) is 5.95. The Bertz CT molecular complexity index is 397. The van der Waals surface area contributed by atoms with E-state index in [9.17, 15) is 4.39 Å². The highest BCUT2D eigenvalue weighted by Crippen LogP contribution is 2.27. The maximum atomic E-state index is 13.6. The van der Waals surface area contributed by atoms with Crippen LogP contribution in [0.1, 0.15) is 24.9 Å². The maximum Gasteiger partial charge on any atom is 0.165 e. The largest absolute Gasteiger partial charge is 0.494 e. The van der Waals surface area contributed by atoms with Crippen molar-refractivity contribution in [3.05, 3.63) is 29.6 Å². The van der Waals surface area contributed by atoms with Gasteiger partial charge in [0.2, 0.25) is 0 Å². The fraction of sp³-hybridized carbons (Fsp3) is 0.538. The van der Waals surface area contributed by atoms with Gasteiger partial charge in [0, 0.05) is 25.2 Å². The monoisotopic (exact) mass is 238 g/mol. The Morgan fingerprint density at radius 2 is 2.29 bits per heavy atom. The van der Waals surface area contributed by atoms with E-state index >= 15 is 0 Å². The fourth-order valence-electron chi connectivity index (χ4n) is 2.32. The zero-order chi connectivity index (χ0) is 12.4. The molecule has 17 heavy (non-hydrogen) atoms. The summed E-state index contributed by atoms with van der Waals surface area (Å²) in [5.74, 6) is -0.0144. The van der Waals surface area contributed by atoms with Crippen LogP contribution in [-0.4, -0.2) is 31.1 Å². The maximum absolute atomic E-state index is 13.6. The fourth-order valence-corrected chi connectivity index (χ4v) is 2.32. The Labute approximate surface area is 101 Å². The molecule has 94 valence electrons. The molecule has 2 unspecified atom stereocenters. The summed E-state index contributed by atoms with van der Waals surface area (Å²) in [5, 5.41) is 0. The highest BCUT2D eigenvalue weighted by molar-refractivity contribution is 5.31. The van der Waals surface area contributed by atoms with Crippen molar-refractivity contribution < 1.29 is 9.13 Å². The van der Waals surface area contributed by atoms with Crippen LogP contribution >= 0.6 is 0 Å². The smallest absolute Gasteiger partial charge is 0.165 e. The minimum Gasteiger partial charge on any atom is -0.494 e. The lowest BCUT2D eigenvalue weighted by molar-refractivity contribution is 0.259. The van der Waals surface area contributed by atoms with Crippen molar-refractivity contribution in [1.82, 2.24) is 4.90 Å². The zero-order valence-corrected chi connectivity index (χ0v) is 10.3. The number of halogens is 1. The van der Waals surface area contributed by atoms with Gasteiger partial charge in [-0.25, -0.2) is 4.39 Å². The summed E-state index contributed by atoms with van der Waals surface area (Å²) < 4.78 is 18.5. The molecule has 4 heteroatoms. The second-order valence-electron chi connectivity index (χ2n) is 4.61. The van der Waals surface area contributed by atoms with E-state index in [1.165, 1.54) is 7.11 Å². The summed E-state index contributed by atoms with van der Waals surface area (Å²) in [7, 11) is 1.47. The molecule has 2 rings (SSSR count). The molecule has 1 saturated heterocycles. The van der Waals surface area contributed by atoms with E-state index in [0.717, 1.165) is 25.1 Å². The third kappa shape index (κ3) is 2.58. The van der Waals surface area contributed by atoms with Gasteiger partial charge in [-0.1, -0.05) is 6.07 Å². The molecular formula is C13H19FN2O. The summed E-state index contributed by atoms with van der Waals surface area (Å²) >= 11 is 0. The predicted molar refractivity (Wildman–Crippen MR) is 65.5 cm³/mol. The lowest BCUT2D eigenvalue weighted by Crippen LogP contribution is -2.28. The molecule has 1 heterocycles. The second-order valence-corrected chi connectivity index (χ2v) is 4.61. The van der Waals surface area contributed by atoms with Crippen molar-refractivity contribution in [2.24, 2.45) is 5.73 Å². The number of hydrogen-bond acceptors (Lipinski definition) is 3. The molecule has 0 amide bonds. The van der Waals surface area contributed by atoms with Gasteiger partial charge in [0.1, 0.15) is 0 Å². The molecule has 1 aromatic rings. The first-order valence-corrected chi connectivity index (χ1v) is 5.95. The van der Waals surface area contributed by atoms with Crippen molar-refractivity contribution >= 4 is 0 Å². The van der Waals surface area contributed by atoms with E-state index in [4.69, 9.17) is 10.5 Å². The molecule has 1 aliphatic heterocycles. The van der Waals surface area contributed by atoms with Crippen molar-refractivity contribution in [1.29, 1.82) is 0 Å². The average Bonchev–Trinajstić information content (AvgIpc) is 2.75. The summed E-state index contributed by atoms with van der Waals surface area (Å²) in [6.07, 6.45) is 1.02. The highest BCUT2D eigenvalue weighted by Gasteiger charge is 2.24. The molecule has 2 atom stereocenters. The van der Waals surface area contributed by atoms with Gasteiger partial charge >= 0.3 is 0 Å². The second kappa shape index (κ2) is 5.02. The number of benzene rings is 1. The number of nitrogens with two attached hydrogens (primary N) is 1. The Morgan fingerprint density at radius 3 is 2.82 bits per heavy atom. The van der Waals surface area contributed by atoms with Gasteiger partial charge < -0.3 is 10.5 Å². The summed E-state index contributed by atoms with van der Waals surface area (Å²) in [6.45, 7) is 3.95. The summed E-state index contributed by atoms with van der Waals surface area (Å²) in [5.41, 5.74) is 6.85. The number of hydrogen-bond donors (Lipinski definition) is 1. The standard InChI is InChI=1S/C13H19FN2O/c1-9(16-6-5-11(15)8-16)10-3-4-13(17-2)12(14)7-10/h3-4,7,9,11H,5-6,8,15H2,1-2H3. The first kappa shape index (κ1) is 12.3. The lowest BCUT2D eigenvalue weighted by atomic mass is 10.1. The Kier molecular flexibility index (Phi) is 3.64. The van der Waals surface area contributed by atoms with E-state index in [2.05, 4.69) is 11.8 Å². The van der Waals surface area contributed by atoms with E-state index < -0.39 is 0 Å². The molecule has 0 aromatic heterocycles. The van der Waals surface area contributed by atoms with Gasteiger partial charge in [0.15, 0.2) is 11.6 Å². The SMILES string of the molecule is COc1ccc(C(C)N2CCC(N)C2)cc1F. The van der Waals surface area contributed by atoms with Crippen LogP contribution in [0.5, 0.6) is 5.75 Å². The molecule has 0 bridgehead atoms. The van der Waals surface area contributed by atoms with E-state index in [1.54, 1.807) is 12.1 Å². The highest BCUT2D eigenvalue weighted by atomic mass is 19.1. The summed E-state index contributed by atoms with van der Waals surface area (Å²) in [4.78, 5) is 2.28. The number of ether oxygens (including phenoxy) is 1. The molecule has 0 aliphatic carbocycles. The molecular weight excluding hydrogens is 219 g/mol. The molecule has 1 fully saturated rings. The quantitative estimate of drug-likeness (QED) is 0.874. The molecule has 3 nitrogen and oxygen atoms in total. The molecule has 0 saturated carbocycles. The molecule has 0 spiro atoms. The number of nitrogens with zero attached hydrogens (tertiary/aromatic N) is 1. The molecule has 1 aromatic carbocycles. The number of rotatable bonds is 3. The van der Waals surface area contributed by atoms with Crippen LogP contribution in [0.15, 0.2) is 18.2 Å². The number of likely N-dealkylation sites (tertiary alicyclic amines) is 1. The minimum absolute atomic E-state index is 0.198. The van der Waals surface area contributed by atoms with Crippen molar-refractivity contribution in [2.75, 3.05) is 20.2 Å². The van der Waals surface area contributed by atoms with Crippen LogP contribution in [0.2, 0.25) is 0 Å². The minimum atomic E-state index is -0.305. The van der Waals surface area contributed by atoms with Crippen molar-refractivity contribution in [3.8, 4) is 5.75 Å². The van der Waals surface area contributed by atoms with Crippen LogP contribution in [0.25, 0.3) is 0 Å². The van der Waals surface area contributed by atoms with Crippen LogP contribution in [-0.2, 0) is 0 Å². The zero-order valence-electron chi connectivity index (χ0n) is 10.3. The summed E-state index contributed by atoms with van der Waals surface area (Å²) in [6, 6.07) is 5.59. The Balaban J connectivity index is 2.14. The first-order chi connectivity index (χ1) is 8.11. The molecule has 2 N–H and O–H groups in total. The molecule has 1 aliphatic rings. The van der Waals surface area contributed by atoms with Crippen LogP contribution in [0.3, 0.4) is 0 Å². The number of methoxy groups -OCH3 is 1. The normalized spacial score (nSPS) is 22.7. The Morgan fingerprint density at radius 1 is 1.53 bits per heavy atom. The van der Waals surface area contributed by atoms with Crippen molar-refractivity contribution in [2.45, 2.75) is 25.4 Å². The van der Waals surface area contributed by atoms with E-state index in [-0.39, 0.29) is 17.9 Å². The van der Waals surface area contributed by atoms with Crippen molar-refractivity contribution in [3.63, 3.8) is 0 Å². The van der Waals surface area contributed by atoms with Crippen LogP contribution in [0.4, 0.5) is 4.39 Å². The van der Waals surface area contributed by atoms with Gasteiger partial charge in [0.05, 0.1) is 7.11 Å². The van der Waals surface area contributed by atoms with Gasteiger partial charge in [-0.15, -0.1) is 0 Å². The third-order valence-electron chi connectivity index (χ3n) is 3.46. The molecule has 0 radical (unpaired) electrons.